The average molecular weight is 521 g/mol. The third-order valence-corrected chi connectivity index (χ3v) is 7.32. The van der Waals surface area contributed by atoms with Crippen molar-refractivity contribution < 1.29 is 9.84 Å². The number of anilines is 4. The lowest BCUT2D eigenvalue weighted by Gasteiger charge is -2.33. The zero-order valence-corrected chi connectivity index (χ0v) is 20.7. The zero-order valence-electron chi connectivity index (χ0n) is 19.9. The number of nitrogens with one attached hydrogen (secondary N) is 2. The van der Waals surface area contributed by atoms with Gasteiger partial charge >= 0.3 is 0 Å². The summed E-state index contributed by atoms with van der Waals surface area (Å²) in [7, 11) is 0. The van der Waals surface area contributed by atoms with Gasteiger partial charge in [-0.3, -0.25) is 4.90 Å². The average Bonchev–Trinajstić information content (AvgIpc) is 3.50. The number of fused-ring (bicyclic) bond motifs is 1. The molecular weight excluding hydrogens is 496 g/mol. The van der Waals surface area contributed by atoms with Crippen molar-refractivity contribution in [1.82, 2.24) is 24.5 Å². The fourth-order valence-electron chi connectivity index (χ4n) is 4.87. The molecule has 190 valence electrons. The number of nitriles is 1. The van der Waals surface area contributed by atoms with Crippen LogP contribution in [0, 0.1) is 17.9 Å². The molecule has 3 N–H and O–H groups in total. The number of imidazole rings is 1. The van der Waals surface area contributed by atoms with Gasteiger partial charge in [-0.1, -0.05) is 23.3 Å². The molecule has 4 heterocycles. The van der Waals surface area contributed by atoms with Crippen LogP contribution in [0.2, 0.25) is 5.02 Å². The first-order valence-electron chi connectivity index (χ1n) is 12.2. The molecule has 3 fully saturated rings. The number of aliphatic hydroxyl groups excluding tert-OH is 1. The Morgan fingerprint density at radius 1 is 1.24 bits per heavy atom. The number of hydrogen-bond acceptors (Lipinski definition) is 10. The van der Waals surface area contributed by atoms with Crippen LogP contribution >= 0.6 is 11.6 Å². The Morgan fingerprint density at radius 2 is 2.05 bits per heavy atom. The Kier molecular flexibility index (Phi) is 6.18. The van der Waals surface area contributed by atoms with Gasteiger partial charge < -0.3 is 30.2 Å². The molecule has 37 heavy (non-hydrogen) atoms. The molecule has 3 aromatic rings. The second-order valence-electron chi connectivity index (χ2n) is 9.45. The van der Waals surface area contributed by atoms with E-state index in [-0.39, 0.29) is 17.8 Å². The Hall–Kier alpha value is -3.68. The van der Waals surface area contributed by atoms with Gasteiger partial charge in [0.2, 0.25) is 0 Å². The summed E-state index contributed by atoms with van der Waals surface area (Å²) in [6.45, 7) is 11.3. The summed E-state index contributed by atoms with van der Waals surface area (Å²) in [5, 5.41) is 31.9. The Bertz CT molecular complexity index is 1420. The molecule has 13 heteroatoms. The van der Waals surface area contributed by atoms with E-state index < -0.39 is 6.10 Å². The molecule has 2 atom stereocenters. The van der Waals surface area contributed by atoms with Gasteiger partial charge in [0.25, 0.3) is 17.4 Å². The van der Waals surface area contributed by atoms with Crippen molar-refractivity contribution in [2.45, 2.75) is 31.0 Å². The van der Waals surface area contributed by atoms with Gasteiger partial charge in [0.05, 0.1) is 59.6 Å². The van der Waals surface area contributed by atoms with E-state index in [1.165, 1.54) is 10.7 Å². The van der Waals surface area contributed by atoms with E-state index in [1.54, 1.807) is 12.1 Å². The molecule has 1 saturated carbocycles. The smallest absolute Gasteiger partial charge is 0.275 e. The normalized spacial score (nSPS) is 22.1. The lowest BCUT2D eigenvalue weighted by molar-refractivity contribution is -0.00588. The Morgan fingerprint density at radius 3 is 2.78 bits per heavy atom. The second-order valence-corrected chi connectivity index (χ2v) is 9.83. The highest BCUT2D eigenvalue weighted by atomic mass is 35.5. The molecule has 3 aliphatic rings. The standard InChI is InChI=1S/C24H25ClN10O2/c1-27-20-11-28-23-22(29-15-2-3-15)31-24(32-35(20)23)30-16-8-14(10-26)9-17(21(16)25)34-12-18(19(36)13-34)33-4-6-37-7-5-33/h8-9,11,15,18-19,36H,2-7,12-13H2,(H2,29,30,31,32)/t18-,19-/m1/s1. The molecule has 0 bridgehead atoms. The number of ether oxygens (including phenoxy) is 1. The van der Waals surface area contributed by atoms with Crippen LogP contribution in [0.3, 0.4) is 0 Å². The summed E-state index contributed by atoms with van der Waals surface area (Å²) in [4.78, 5) is 16.7. The summed E-state index contributed by atoms with van der Waals surface area (Å²) >= 11 is 6.87. The van der Waals surface area contributed by atoms with Crippen LogP contribution in [0.25, 0.3) is 10.5 Å². The van der Waals surface area contributed by atoms with E-state index in [4.69, 9.17) is 22.9 Å². The fourth-order valence-corrected chi connectivity index (χ4v) is 5.14. The van der Waals surface area contributed by atoms with Crippen LogP contribution in [-0.2, 0) is 4.74 Å². The van der Waals surface area contributed by atoms with Crippen molar-refractivity contribution in [2.75, 3.05) is 54.9 Å². The van der Waals surface area contributed by atoms with Crippen molar-refractivity contribution in [3.8, 4) is 6.07 Å². The summed E-state index contributed by atoms with van der Waals surface area (Å²) in [6, 6.07) is 5.85. The second kappa shape index (κ2) is 9.65. The molecule has 1 aromatic carbocycles. The number of benzene rings is 1. The van der Waals surface area contributed by atoms with Crippen LogP contribution in [0.1, 0.15) is 18.4 Å². The Labute approximate surface area is 218 Å². The third-order valence-electron chi connectivity index (χ3n) is 6.92. The Balaban J connectivity index is 1.33. The highest BCUT2D eigenvalue weighted by Crippen LogP contribution is 2.38. The molecule has 0 unspecified atom stereocenters. The summed E-state index contributed by atoms with van der Waals surface area (Å²) < 4.78 is 6.90. The van der Waals surface area contributed by atoms with Crippen LogP contribution in [-0.4, -0.2) is 87.2 Å². The number of nitrogens with zero attached hydrogens (tertiary/aromatic N) is 8. The molecule has 12 nitrogen and oxygen atoms in total. The number of halogens is 1. The third kappa shape index (κ3) is 4.61. The van der Waals surface area contributed by atoms with E-state index in [1.807, 2.05) is 4.90 Å². The summed E-state index contributed by atoms with van der Waals surface area (Å²) in [6.07, 6.45) is 3.00. The maximum atomic E-state index is 10.8. The van der Waals surface area contributed by atoms with E-state index in [0.717, 1.165) is 25.9 Å². The van der Waals surface area contributed by atoms with Crippen molar-refractivity contribution >= 4 is 46.2 Å². The van der Waals surface area contributed by atoms with Crippen LogP contribution in [0.4, 0.5) is 29.0 Å². The molecule has 0 amide bonds. The minimum absolute atomic E-state index is 0.0443. The van der Waals surface area contributed by atoms with Crippen LogP contribution in [0.15, 0.2) is 18.3 Å². The zero-order chi connectivity index (χ0) is 25.5. The van der Waals surface area contributed by atoms with Crippen LogP contribution in [0.5, 0.6) is 0 Å². The molecule has 1 aliphatic carbocycles. The number of rotatable bonds is 6. The molecule has 0 spiro atoms. The molecular formula is C24H25ClN10O2. The van der Waals surface area contributed by atoms with Gasteiger partial charge in [0.15, 0.2) is 5.82 Å². The van der Waals surface area contributed by atoms with E-state index in [9.17, 15) is 10.4 Å². The van der Waals surface area contributed by atoms with Crippen molar-refractivity contribution in [2.24, 2.45) is 0 Å². The number of β-amino-alcohol motifs (C(OH)–C–C–N with tert-alkyl or cyclic N) is 1. The monoisotopic (exact) mass is 520 g/mol. The quantitative estimate of drug-likeness (QED) is 0.416. The highest BCUT2D eigenvalue weighted by molar-refractivity contribution is 6.36. The van der Waals surface area contributed by atoms with Gasteiger partial charge in [0.1, 0.15) is 0 Å². The maximum Gasteiger partial charge on any atom is 0.275 e. The predicted molar refractivity (Wildman–Crippen MR) is 138 cm³/mol. The molecule has 2 saturated heterocycles. The van der Waals surface area contributed by atoms with Gasteiger partial charge in [-0.2, -0.15) is 10.2 Å². The fraction of sp³-hybridized carbons (Fsp3) is 0.458. The SMILES string of the molecule is [C-]#[N+]c1cnc2c(NC3CC3)nc(Nc3cc(C#N)cc(N4C[C@@H](O)[C@H](N5CCOCC5)C4)c3Cl)nn12. The van der Waals surface area contributed by atoms with Gasteiger partial charge in [0, 0.05) is 32.2 Å². The van der Waals surface area contributed by atoms with Crippen molar-refractivity contribution in [3.63, 3.8) is 0 Å². The van der Waals surface area contributed by atoms with E-state index >= 15 is 0 Å². The topological polar surface area (TPSA) is 131 Å². The minimum Gasteiger partial charge on any atom is -0.390 e. The summed E-state index contributed by atoms with van der Waals surface area (Å²) in [5.41, 5.74) is 2.00. The number of morpholine rings is 1. The molecule has 6 rings (SSSR count). The van der Waals surface area contributed by atoms with Gasteiger partial charge in [-0.25, -0.2) is 4.98 Å². The van der Waals surface area contributed by atoms with E-state index in [0.29, 0.717) is 65.8 Å². The van der Waals surface area contributed by atoms with E-state index in [2.05, 4.69) is 41.5 Å². The molecule has 0 radical (unpaired) electrons. The maximum absolute atomic E-state index is 10.8. The number of aromatic nitrogens is 4. The molecule has 2 aromatic heterocycles. The van der Waals surface area contributed by atoms with Gasteiger partial charge in [-0.15, -0.1) is 4.52 Å². The molecule has 2 aliphatic heterocycles. The predicted octanol–water partition coefficient (Wildman–Crippen LogP) is 2.40. The van der Waals surface area contributed by atoms with Crippen molar-refractivity contribution in [3.05, 3.63) is 40.3 Å². The summed E-state index contributed by atoms with van der Waals surface area (Å²) in [5.74, 6) is 1.00. The highest BCUT2D eigenvalue weighted by Gasteiger charge is 2.37. The first-order valence-corrected chi connectivity index (χ1v) is 12.6. The first kappa shape index (κ1) is 23.7. The van der Waals surface area contributed by atoms with Crippen molar-refractivity contribution in [1.29, 1.82) is 5.26 Å². The minimum atomic E-state index is -0.550. The lowest BCUT2D eigenvalue weighted by atomic mass is 10.1. The largest absolute Gasteiger partial charge is 0.390 e. The number of aliphatic hydroxyl groups is 1. The number of hydrogen-bond donors (Lipinski definition) is 3. The first-order chi connectivity index (χ1) is 18.0. The lowest BCUT2D eigenvalue weighted by Crippen LogP contribution is -2.48. The van der Waals surface area contributed by atoms with Gasteiger partial charge in [-0.05, 0) is 25.0 Å². The van der Waals surface area contributed by atoms with Crippen LogP contribution < -0.4 is 15.5 Å².